The standard InChI is InChI=1S/C27H37N6O10PS/c1-17-15-33(24(36)29-22(17)34)21-14-19(31-32-28)20(41-21)16-40-44(38,43-18-10-8-7-9-11-18)39-12-13-45-23(35)27(5,6)30-25(37)42-26(2,3)4/h7-11,15,19-21H,12-14,16H2,1-6H3,(H,30,37)(H,29,34,36)/t19?,20-,21-,44?/m1/s1. The summed E-state index contributed by atoms with van der Waals surface area (Å²) in [4.78, 5) is 54.2. The number of ether oxygens (including phenoxy) is 2. The van der Waals surface area contributed by atoms with Gasteiger partial charge in [-0.05, 0) is 59.2 Å². The first kappa shape index (κ1) is 35.9. The Balaban J connectivity index is 1.66. The number of aromatic nitrogens is 2. The zero-order valence-corrected chi connectivity index (χ0v) is 27.5. The second-order valence-corrected chi connectivity index (χ2v) is 14.1. The molecular weight excluding hydrogens is 631 g/mol. The maximum atomic E-state index is 13.7. The van der Waals surface area contributed by atoms with Crippen LogP contribution >= 0.6 is 19.6 Å². The van der Waals surface area contributed by atoms with Crippen LogP contribution in [-0.4, -0.2) is 63.0 Å². The molecule has 18 heteroatoms. The molecule has 16 nitrogen and oxygen atoms in total. The van der Waals surface area contributed by atoms with E-state index in [2.05, 4.69) is 20.3 Å². The highest BCUT2D eigenvalue weighted by atomic mass is 32.2. The van der Waals surface area contributed by atoms with Crippen molar-refractivity contribution in [3.8, 4) is 5.75 Å². The largest absolute Gasteiger partial charge is 0.530 e. The third-order valence-corrected chi connectivity index (χ3v) is 8.65. The van der Waals surface area contributed by atoms with E-state index in [-0.39, 0.29) is 30.1 Å². The lowest BCUT2D eigenvalue weighted by Gasteiger charge is -2.27. The highest BCUT2D eigenvalue weighted by Gasteiger charge is 2.40. The summed E-state index contributed by atoms with van der Waals surface area (Å²) in [6.07, 6.45) is -1.22. The molecular formula is C27H37N6O10PS. The number of aryl methyl sites for hydroxylation is 1. The number of carbonyl (C=O) groups is 2. The van der Waals surface area contributed by atoms with Gasteiger partial charge in [-0.15, -0.1) is 0 Å². The van der Waals surface area contributed by atoms with Crippen LogP contribution < -0.4 is 21.1 Å². The molecule has 2 aromatic rings. The highest BCUT2D eigenvalue weighted by molar-refractivity contribution is 8.13. The number of aromatic amines is 1. The number of carbonyl (C=O) groups excluding carboxylic acids is 2. The van der Waals surface area contributed by atoms with Crippen LogP contribution in [0.3, 0.4) is 0 Å². The Labute approximate surface area is 263 Å². The van der Waals surface area contributed by atoms with Crippen molar-refractivity contribution in [3.05, 3.63) is 73.4 Å². The summed E-state index contributed by atoms with van der Waals surface area (Å²) in [5.74, 6) is 0.209. The zero-order valence-electron chi connectivity index (χ0n) is 25.8. The quantitative estimate of drug-likeness (QED) is 0.0990. The summed E-state index contributed by atoms with van der Waals surface area (Å²) in [6, 6.07) is 7.29. The second kappa shape index (κ2) is 15.1. The summed E-state index contributed by atoms with van der Waals surface area (Å²) >= 11 is 0.838. The number of hydrogen-bond donors (Lipinski definition) is 2. The fourth-order valence-corrected chi connectivity index (χ4v) is 6.05. The van der Waals surface area contributed by atoms with E-state index in [0.29, 0.717) is 0 Å². The number of phosphoric acid groups is 1. The fraction of sp³-hybridized carbons (Fsp3) is 0.556. The number of phosphoric ester groups is 1. The average Bonchev–Trinajstić information content (AvgIpc) is 3.33. The fourth-order valence-electron chi connectivity index (χ4n) is 3.96. The number of thioether (sulfide) groups is 1. The summed E-state index contributed by atoms with van der Waals surface area (Å²) in [5, 5.41) is 5.86. The Kier molecular flexibility index (Phi) is 12.1. The zero-order chi connectivity index (χ0) is 33.4. The van der Waals surface area contributed by atoms with E-state index in [1.54, 1.807) is 39.0 Å². The number of para-hydroxylation sites is 1. The molecule has 0 aliphatic carbocycles. The van der Waals surface area contributed by atoms with Gasteiger partial charge in [-0.3, -0.25) is 28.2 Å². The number of alkyl carbamates (subject to hydrolysis) is 1. The van der Waals surface area contributed by atoms with Crippen molar-refractivity contribution in [2.45, 2.75) is 77.5 Å². The van der Waals surface area contributed by atoms with Gasteiger partial charge in [0.2, 0.25) is 5.12 Å². The van der Waals surface area contributed by atoms with Crippen molar-refractivity contribution >= 4 is 30.8 Å². The molecule has 2 unspecified atom stereocenters. The van der Waals surface area contributed by atoms with Gasteiger partial charge in [-0.1, -0.05) is 35.1 Å². The Morgan fingerprint density at radius 2 is 1.89 bits per heavy atom. The third kappa shape index (κ3) is 10.8. The summed E-state index contributed by atoms with van der Waals surface area (Å²) in [6.45, 7) is 9.02. The predicted molar refractivity (Wildman–Crippen MR) is 165 cm³/mol. The molecule has 45 heavy (non-hydrogen) atoms. The van der Waals surface area contributed by atoms with Crippen LogP contribution in [0.5, 0.6) is 5.75 Å². The molecule has 2 N–H and O–H groups in total. The van der Waals surface area contributed by atoms with E-state index in [0.717, 1.165) is 11.8 Å². The van der Waals surface area contributed by atoms with Gasteiger partial charge in [-0.25, -0.2) is 14.2 Å². The molecule has 1 aliphatic rings. The maximum absolute atomic E-state index is 13.7. The molecule has 0 bridgehead atoms. The molecule has 1 fully saturated rings. The van der Waals surface area contributed by atoms with Crippen LogP contribution in [0.4, 0.5) is 4.79 Å². The minimum absolute atomic E-state index is 0.0294. The van der Waals surface area contributed by atoms with Gasteiger partial charge < -0.3 is 19.3 Å². The average molecular weight is 669 g/mol. The van der Waals surface area contributed by atoms with Crippen LogP contribution in [-0.2, 0) is 27.9 Å². The molecule has 3 rings (SSSR count). The molecule has 2 heterocycles. The lowest BCUT2D eigenvalue weighted by atomic mass is 10.1. The van der Waals surface area contributed by atoms with Crippen LogP contribution in [0, 0.1) is 6.92 Å². The van der Waals surface area contributed by atoms with Gasteiger partial charge in [-0.2, -0.15) is 0 Å². The molecule has 246 valence electrons. The maximum Gasteiger partial charge on any atom is 0.530 e. The second-order valence-electron chi connectivity index (χ2n) is 11.5. The Hall–Kier alpha value is -3.59. The molecule has 1 saturated heterocycles. The molecule has 1 aromatic heterocycles. The van der Waals surface area contributed by atoms with E-state index in [1.807, 2.05) is 0 Å². The molecule has 0 saturated carbocycles. The third-order valence-electron chi connectivity index (χ3n) is 6.11. The normalized spacial score (nSPS) is 19.6. The molecule has 0 spiro atoms. The van der Waals surface area contributed by atoms with Crippen molar-refractivity contribution in [3.63, 3.8) is 0 Å². The first-order valence-electron chi connectivity index (χ1n) is 13.9. The van der Waals surface area contributed by atoms with Crippen LogP contribution in [0.2, 0.25) is 0 Å². The summed E-state index contributed by atoms with van der Waals surface area (Å²) < 4.78 is 42.7. The molecule has 1 aliphatic heterocycles. The van der Waals surface area contributed by atoms with Crippen LogP contribution in [0.25, 0.3) is 10.4 Å². The summed E-state index contributed by atoms with van der Waals surface area (Å²) in [7, 11) is -4.35. The number of amides is 1. The molecule has 4 atom stereocenters. The smallest absolute Gasteiger partial charge is 0.444 e. The number of benzene rings is 1. The molecule has 1 amide bonds. The van der Waals surface area contributed by atoms with Crippen molar-refractivity contribution < 1.29 is 37.2 Å². The van der Waals surface area contributed by atoms with E-state index in [9.17, 15) is 23.7 Å². The number of nitrogens with one attached hydrogen (secondary N) is 2. The molecule has 0 radical (unpaired) electrons. The van der Waals surface area contributed by atoms with Crippen molar-refractivity contribution in [2.75, 3.05) is 19.0 Å². The molecule has 1 aromatic carbocycles. The number of rotatable bonds is 13. The van der Waals surface area contributed by atoms with Gasteiger partial charge in [0, 0.05) is 28.8 Å². The Morgan fingerprint density at radius 1 is 1.20 bits per heavy atom. The first-order chi connectivity index (χ1) is 21.0. The topological polar surface area (TPSA) is 213 Å². The lowest BCUT2D eigenvalue weighted by molar-refractivity contribution is -0.115. The van der Waals surface area contributed by atoms with Crippen molar-refractivity contribution in [2.24, 2.45) is 5.11 Å². The number of H-pyrrole nitrogens is 1. The minimum atomic E-state index is -4.35. The van der Waals surface area contributed by atoms with Crippen molar-refractivity contribution in [1.82, 2.24) is 14.9 Å². The first-order valence-corrected chi connectivity index (χ1v) is 16.3. The monoisotopic (exact) mass is 668 g/mol. The van der Waals surface area contributed by atoms with E-state index >= 15 is 0 Å². The van der Waals surface area contributed by atoms with Crippen LogP contribution in [0.1, 0.15) is 52.8 Å². The Bertz CT molecular complexity index is 1570. The van der Waals surface area contributed by atoms with Gasteiger partial charge in [0.1, 0.15) is 23.1 Å². The van der Waals surface area contributed by atoms with Gasteiger partial charge >= 0.3 is 19.6 Å². The number of azide groups is 1. The lowest BCUT2D eigenvalue weighted by Crippen LogP contribution is -2.50. The van der Waals surface area contributed by atoms with Crippen molar-refractivity contribution in [1.29, 1.82) is 0 Å². The predicted octanol–water partition coefficient (Wildman–Crippen LogP) is 4.59. The van der Waals surface area contributed by atoms with Gasteiger partial charge in [0.15, 0.2) is 0 Å². The van der Waals surface area contributed by atoms with E-state index in [1.165, 1.54) is 43.7 Å². The highest BCUT2D eigenvalue weighted by Crippen LogP contribution is 2.50. The van der Waals surface area contributed by atoms with Gasteiger partial charge in [0.25, 0.3) is 5.56 Å². The number of nitrogens with zero attached hydrogens (tertiary/aromatic N) is 4. The van der Waals surface area contributed by atoms with E-state index < -0.39 is 66.4 Å². The Morgan fingerprint density at radius 3 is 2.53 bits per heavy atom. The number of hydrogen-bond acceptors (Lipinski definition) is 12. The SMILES string of the molecule is Cc1cn([C@H]2CC(N=[N+]=[N-])[C@@H](COP(=O)(OCCSC(=O)C(C)(C)NC(=O)OC(C)(C)C)Oc3ccccc3)O2)c(=O)[nH]c1=O. The van der Waals surface area contributed by atoms with Crippen LogP contribution in [0.15, 0.2) is 51.2 Å². The van der Waals surface area contributed by atoms with E-state index in [4.69, 9.17) is 28.6 Å². The van der Waals surface area contributed by atoms with Gasteiger partial charge in [0.05, 0.1) is 25.4 Å². The minimum Gasteiger partial charge on any atom is -0.444 e. The summed E-state index contributed by atoms with van der Waals surface area (Å²) in [5.41, 5.74) is 6.09.